The first-order valence-electron chi connectivity index (χ1n) is 14.3. The molecule has 2 fully saturated rings. The standard InChI is InChI=1S/C30H38N4O7S2/c1-19(2)15-34(43(37,38)22-10-8-21(9-11-22)25-18-42-29(31)32-25)16-26(35)24(14-20-6-4-3-5-7-20)33-30(36)41-27-17-40-28-23(27)12-13-39-28/h3-11,18-19,23-24,26-28,35H,12-17H2,1-2H3,(H2,31,32)(H,33,36)/t23-,24-,26-,27-,28+/m0/s1. The van der Waals surface area contributed by atoms with Crippen LogP contribution in [0.2, 0.25) is 0 Å². The van der Waals surface area contributed by atoms with Crippen molar-refractivity contribution in [3.63, 3.8) is 0 Å². The number of sulfonamides is 1. The highest BCUT2D eigenvalue weighted by Gasteiger charge is 2.44. The van der Waals surface area contributed by atoms with Crippen molar-refractivity contribution in [3.05, 3.63) is 65.5 Å². The number of nitrogen functional groups attached to an aromatic ring is 1. The molecule has 0 radical (unpaired) electrons. The minimum Gasteiger partial charge on any atom is -0.443 e. The number of rotatable bonds is 12. The second kappa shape index (κ2) is 13.7. The van der Waals surface area contributed by atoms with Crippen molar-refractivity contribution in [2.24, 2.45) is 11.8 Å². The van der Waals surface area contributed by atoms with Crippen LogP contribution in [0.25, 0.3) is 11.3 Å². The number of aromatic nitrogens is 1. The smallest absolute Gasteiger partial charge is 0.407 e. The van der Waals surface area contributed by atoms with Crippen molar-refractivity contribution in [1.29, 1.82) is 0 Å². The van der Waals surface area contributed by atoms with Crippen LogP contribution < -0.4 is 11.1 Å². The van der Waals surface area contributed by atoms with Gasteiger partial charge in [0.25, 0.3) is 0 Å². The van der Waals surface area contributed by atoms with Gasteiger partial charge in [-0.3, -0.25) is 0 Å². The summed E-state index contributed by atoms with van der Waals surface area (Å²) in [5.74, 6) is -0.0529. The fourth-order valence-electron chi connectivity index (χ4n) is 5.40. The Kier molecular flexibility index (Phi) is 9.99. The van der Waals surface area contributed by atoms with E-state index in [1.54, 1.807) is 12.1 Å². The quantitative estimate of drug-likeness (QED) is 0.273. The maximum Gasteiger partial charge on any atom is 0.407 e. The van der Waals surface area contributed by atoms with E-state index in [1.807, 2.05) is 49.6 Å². The van der Waals surface area contributed by atoms with Crippen LogP contribution in [0.3, 0.4) is 0 Å². The first-order chi connectivity index (χ1) is 20.6. The van der Waals surface area contributed by atoms with Gasteiger partial charge in [0.05, 0.1) is 41.9 Å². The number of benzene rings is 2. The lowest BCUT2D eigenvalue weighted by atomic mass is 10.0. The number of aliphatic hydroxyl groups excluding tert-OH is 1. The Balaban J connectivity index is 1.32. The number of aliphatic hydroxyl groups is 1. The topological polar surface area (TPSA) is 153 Å². The van der Waals surface area contributed by atoms with Gasteiger partial charge in [0, 0.05) is 24.0 Å². The van der Waals surface area contributed by atoms with Crippen LogP contribution in [-0.2, 0) is 30.7 Å². The lowest BCUT2D eigenvalue weighted by molar-refractivity contribution is -0.0907. The molecule has 232 valence electrons. The van der Waals surface area contributed by atoms with Crippen molar-refractivity contribution in [2.45, 2.75) is 56.1 Å². The summed E-state index contributed by atoms with van der Waals surface area (Å²) in [6.07, 6.45) is -1.75. The van der Waals surface area contributed by atoms with E-state index < -0.39 is 34.4 Å². The minimum absolute atomic E-state index is 0.0197. The van der Waals surface area contributed by atoms with Crippen molar-refractivity contribution in [1.82, 2.24) is 14.6 Å². The third-order valence-electron chi connectivity index (χ3n) is 7.58. The Morgan fingerprint density at radius 1 is 1.16 bits per heavy atom. The van der Waals surface area contributed by atoms with Gasteiger partial charge in [0.15, 0.2) is 11.4 Å². The van der Waals surface area contributed by atoms with Crippen molar-refractivity contribution in [3.8, 4) is 11.3 Å². The highest BCUT2D eigenvalue weighted by Crippen LogP contribution is 2.33. The van der Waals surface area contributed by atoms with Gasteiger partial charge in [-0.2, -0.15) is 4.31 Å². The summed E-state index contributed by atoms with van der Waals surface area (Å²) in [6.45, 7) is 4.55. The number of ether oxygens (including phenoxy) is 3. The molecule has 5 atom stereocenters. The SMILES string of the molecule is CC(C)CN(C[C@H](O)[C@H](Cc1ccccc1)NC(=O)O[C@H]1CO[C@H]2OCC[C@H]21)S(=O)(=O)c1ccc(-c2csc(N)n2)cc1. The molecule has 0 aliphatic carbocycles. The van der Waals surface area contributed by atoms with Gasteiger partial charge in [-0.15, -0.1) is 11.3 Å². The number of hydrogen-bond donors (Lipinski definition) is 3. The molecule has 3 aromatic rings. The van der Waals surface area contributed by atoms with Gasteiger partial charge >= 0.3 is 6.09 Å². The van der Waals surface area contributed by atoms with E-state index in [9.17, 15) is 18.3 Å². The molecule has 5 rings (SSSR count). The highest BCUT2D eigenvalue weighted by atomic mass is 32.2. The van der Waals surface area contributed by atoms with Crippen LogP contribution >= 0.6 is 11.3 Å². The molecule has 0 spiro atoms. The maximum absolute atomic E-state index is 13.8. The predicted octanol–water partition coefficient (Wildman–Crippen LogP) is 3.50. The van der Waals surface area contributed by atoms with E-state index in [0.29, 0.717) is 17.4 Å². The molecule has 0 unspecified atom stereocenters. The number of nitrogens with two attached hydrogens (primary N) is 1. The van der Waals surface area contributed by atoms with Crippen LogP contribution in [0.4, 0.5) is 9.93 Å². The predicted molar refractivity (Wildman–Crippen MR) is 163 cm³/mol. The van der Waals surface area contributed by atoms with Crippen LogP contribution in [0, 0.1) is 11.8 Å². The molecule has 0 saturated carbocycles. The zero-order valence-electron chi connectivity index (χ0n) is 24.2. The third kappa shape index (κ3) is 7.72. The number of nitrogens with zero attached hydrogens (tertiary/aromatic N) is 2. The number of nitrogens with one attached hydrogen (secondary N) is 1. The van der Waals surface area contributed by atoms with E-state index >= 15 is 0 Å². The summed E-state index contributed by atoms with van der Waals surface area (Å²) in [5.41, 5.74) is 8.04. The largest absolute Gasteiger partial charge is 0.443 e. The minimum atomic E-state index is -3.99. The number of hydrogen-bond acceptors (Lipinski definition) is 10. The summed E-state index contributed by atoms with van der Waals surface area (Å²) in [5, 5.41) is 16.5. The molecule has 0 bridgehead atoms. The summed E-state index contributed by atoms with van der Waals surface area (Å²) < 4.78 is 45.7. The molecule has 11 nitrogen and oxygen atoms in total. The molecule has 2 aromatic carbocycles. The molecular formula is C30H38N4O7S2. The average Bonchev–Trinajstić information content (AvgIpc) is 3.72. The lowest BCUT2D eigenvalue weighted by Crippen LogP contribution is -2.51. The molecule has 1 amide bonds. The molecule has 4 N–H and O–H groups in total. The first-order valence-corrected chi connectivity index (χ1v) is 16.7. The molecule has 3 heterocycles. The summed E-state index contributed by atoms with van der Waals surface area (Å²) >= 11 is 1.31. The number of carbonyl (C=O) groups is 1. The van der Waals surface area contributed by atoms with E-state index in [-0.39, 0.29) is 49.1 Å². The fraction of sp³-hybridized carbons (Fsp3) is 0.467. The number of thiazole rings is 1. The van der Waals surface area contributed by atoms with E-state index in [4.69, 9.17) is 19.9 Å². The summed E-state index contributed by atoms with van der Waals surface area (Å²) in [4.78, 5) is 17.4. The fourth-order valence-corrected chi connectivity index (χ4v) is 7.60. The van der Waals surface area contributed by atoms with Gasteiger partial charge in [0.2, 0.25) is 10.0 Å². The van der Waals surface area contributed by atoms with Crippen molar-refractivity contribution < 1.29 is 32.5 Å². The molecule has 2 aliphatic heterocycles. The molecular weight excluding hydrogens is 592 g/mol. The maximum atomic E-state index is 13.8. The number of carbonyl (C=O) groups excluding carboxylic acids is 1. The summed E-state index contributed by atoms with van der Waals surface area (Å²) in [6, 6.07) is 15.0. The second-order valence-electron chi connectivity index (χ2n) is 11.3. The van der Waals surface area contributed by atoms with Crippen molar-refractivity contribution in [2.75, 3.05) is 32.0 Å². The Morgan fingerprint density at radius 3 is 2.58 bits per heavy atom. The third-order valence-corrected chi connectivity index (χ3v) is 10.1. The van der Waals surface area contributed by atoms with Gasteiger partial charge in [-0.1, -0.05) is 56.3 Å². The zero-order valence-corrected chi connectivity index (χ0v) is 25.8. The number of amides is 1. The Labute approximate surface area is 256 Å². The Morgan fingerprint density at radius 2 is 1.91 bits per heavy atom. The molecule has 43 heavy (non-hydrogen) atoms. The Bertz CT molecular complexity index is 1470. The van der Waals surface area contributed by atoms with Gasteiger partial charge in [0.1, 0.15) is 6.10 Å². The monoisotopic (exact) mass is 630 g/mol. The molecule has 13 heteroatoms. The lowest BCUT2D eigenvalue weighted by Gasteiger charge is -2.31. The molecule has 2 saturated heterocycles. The van der Waals surface area contributed by atoms with Crippen LogP contribution in [0.5, 0.6) is 0 Å². The Hall–Kier alpha value is -3.07. The normalized spacial score (nSPS) is 21.6. The van der Waals surface area contributed by atoms with Gasteiger partial charge in [-0.05, 0) is 36.5 Å². The van der Waals surface area contributed by atoms with Gasteiger partial charge < -0.3 is 30.4 Å². The zero-order chi connectivity index (χ0) is 30.6. The molecule has 1 aromatic heterocycles. The second-order valence-corrected chi connectivity index (χ2v) is 14.1. The number of fused-ring (bicyclic) bond motifs is 1. The van der Waals surface area contributed by atoms with Crippen molar-refractivity contribution >= 4 is 32.6 Å². The van der Waals surface area contributed by atoms with Crippen LogP contribution in [0.1, 0.15) is 25.8 Å². The summed E-state index contributed by atoms with van der Waals surface area (Å²) in [7, 11) is -3.99. The number of anilines is 1. The number of alkyl carbamates (subject to hydrolysis) is 1. The van der Waals surface area contributed by atoms with Gasteiger partial charge in [-0.25, -0.2) is 18.2 Å². The average molecular weight is 631 g/mol. The van der Waals surface area contributed by atoms with Crippen LogP contribution in [0.15, 0.2) is 64.9 Å². The van der Waals surface area contributed by atoms with Crippen LogP contribution in [-0.4, -0.2) is 79.7 Å². The van der Waals surface area contributed by atoms with E-state index in [0.717, 1.165) is 17.5 Å². The molecule has 2 aliphatic rings. The van der Waals surface area contributed by atoms with E-state index in [2.05, 4.69) is 10.3 Å². The van der Waals surface area contributed by atoms with E-state index in [1.165, 1.54) is 27.8 Å². The first kappa shape index (κ1) is 31.4. The highest BCUT2D eigenvalue weighted by molar-refractivity contribution is 7.89.